The van der Waals surface area contributed by atoms with E-state index in [4.69, 9.17) is 0 Å². The predicted molar refractivity (Wildman–Crippen MR) is 230 cm³/mol. The molecule has 292 valence electrons. The fraction of sp³-hybridized carbons (Fsp3) is 0.447. The first-order valence-electron chi connectivity index (χ1n) is 17.3. The fourth-order valence-electron chi connectivity index (χ4n) is 1.93. The third-order valence-electron chi connectivity index (χ3n) is 3.46. The van der Waals surface area contributed by atoms with Crippen LogP contribution >= 0.6 is 0 Å². The van der Waals surface area contributed by atoms with Crippen LogP contribution in [0.5, 0.6) is 0 Å². The molecule has 0 saturated heterocycles. The van der Waals surface area contributed by atoms with E-state index in [1.54, 1.807) is 0 Å². The van der Waals surface area contributed by atoms with E-state index in [9.17, 15) is 0 Å². The minimum atomic E-state index is 0. The van der Waals surface area contributed by atoms with Gasteiger partial charge in [0.05, 0.1) is 0 Å². The molecule has 0 aliphatic rings. The molecule has 51 heavy (non-hydrogen) atoms. The second kappa shape index (κ2) is 117. The van der Waals surface area contributed by atoms with E-state index in [0.29, 0.717) is 0 Å². The Hall–Kier alpha value is 1.30. The van der Waals surface area contributed by atoms with Crippen LogP contribution in [0.15, 0.2) is 97.1 Å². The van der Waals surface area contributed by atoms with Gasteiger partial charge in [-0.3, -0.25) is 0 Å². The van der Waals surface area contributed by atoms with Gasteiger partial charge in [0, 0.05) is 131 Å². The second-order valence-electron chi connectivity index (χ2n) is 6.18. The molecule has 0 saturated carbocycles. The summed E-state index contributed by atoms with van der Waals surface area (Å²) in [5.74, 6) is 0. The SMILES string of the molecule is C.CC.CC.CC.CC.CC.CC.CC.CC.Cc1[c-]cccc1.Cc1[c-]cccc1.Cc1[c-]cccc1.Cc1[c-]cccc1.[CH3-].[CH3-].[Y].[Y].[Y].[Y]. The molecule has 0 fully saturated rings. The number of rotatable bonds is 0. The molecular formula is C47H86Y4-6. The van der Waals surface area contributed by atoms with Gasteiger partial charge in [-0.15, -0.1) is 0 Å². The largest absolute Gasteiger partial charge is 0.358 e. The molecule has 0 aliphatic heterocycles. The van der Waals surface area contributed by atoms with Crippen LogP contribution in [0.4, 0.5) is 0 Å². The molecule has 0 N–H and O–H groups in total. The fourth-order valence-corrected chi connectivity index (χ4v) is 1.93. The van der Waals surface area contributed by atoms with Gasteiger partial charge in [-0.2, -0.15) is 144 Å². The summed E-state index contributed by atoms with van der Waals surface area (Å²) in [5, 5.41) is 0. The monoisotopic (exact) mass is 1010 g/mol. The molecule has 0 atom stereocenters. The molecule has 0 amide bonds. The van der Waals surface area contributed by atoms with Gasteiger partial charge in [0.25, 0.3) is 0 Å². The van der Waals surface area contributed by atoms with E-state index < -0.39 is 0 Å². The van der Waals surface area contributed by atoms with Crippen molar-refractivity contribution >= 4 is 0 Å². The molecule has 0 nitrogen and oxygen atoms in total. The molecular weight excluding hydrogens is 920 g/mol. The summed E-state index contributed by atoms with van der Waals surface area (Å²) in [7, 11) is 0. The summed E-state index contributed by atoms with van der Waals surface area (Å²) in [6, 6.07) is 43.8. The molecule has 4 heteroatoms. The Morgan fingerprint density at radius 2 is 0.392 bits per heavy atom. The smallest absolute Gasteiger partial charge is 0 e. The van der Waals surface area contributed by atoms with Gasteiger partial charge in [0.15, 0.2) is 0 Å². The Kier molecular flexibility index (Phi) is 227. The van der Waals surface area contributed by atoms with Crippen molar-refractivity contribution in [1.29, 1.82) is 0 Å². The Balaban J connectivity index is -0.0000000221. The maximum absolute atomic E-state index is 3.03. The van der Waals surface area contributed by atoms with E-state index in [0.717, 1.165) is 0 Å². The van der Waals surface area contributed by atoms with Crippen molar-refractivity contribution in [3.63, 3.8) is 0 Å². The van der Waals surface area contributed by atoms with Crippen LogP contribution in [-0.2, 0) is 131 Å². The Morgan fingerprint density at radius 1 is 0.275 bits per heavy atom. The van der Waals surface area contributed by atoms with Crippen LogP contribution in [0.3, 0.4) is 0 Å². The number of aryl methyl sites for hydroxylation is 4. The number of benzene rings is 4. The molecule has 0 unspecified atom stereocenters. The summed E-state index contributed by atoms with van der Waals surface area (Å²) in [4.78, 5) is 0. The summed E-state index contributed by atoms with van der Waals surface area (Å²) in [5.41, 5.74) is 4.79. The zero-order chi connectivity index (χ0) is 36.5. The van der Waals surface area contributed by atoms with Gasteiger partial charge in [0.1, 0.15) is 0 Å². The van der Waals surface area contributed by atoms with Crippen LogP contribution in [0.1, 0.15) is 140 Å². The number of hydrogen-bond donors (Lipinski definition) is 0. The summed E-state index contributed by atoms with van der Waals surface area (Å²) >= 11 is 0. The number of hydrogen-bond acceptors (Lipinski definition) is 0. The van der Waals surface area contributed by atoms with Crippen molar-refractivity contribution in [1.82, 2.24) is 0 Å². The Labute approximate surface area is 429 Å². The molecule has 4 aromatic carbocycles. The van der Waals surface area contributed by atoms with Crippen molar-refractivity contribution in [3.8, 4) is 0 Å². The molecule has 0 aliphatic carbocycles. The zero-order valence-corrected chi connectivity index (χ0v) is 48.9. The molecule has 4 radical (unpaired) electrons. The van der Waals surface area contributed by atoms with E-state index in [-0.39, 0.29) is 153 Å². The van der Waals surface area contributed by atoms with Crippen molar-refractivity contribution in [2.75, 3.05) is 0 Å². The van der Waals surface area contributed by atoms with Gasteiger partial charge >= 0.3 is 0 Å². The maximum Gasteiger partial charge on any atom is 0 e. The summed E-state index contributed by atoms with van der Waals surface area (Å²) in [6.45, 7) is 40.1. The first kappa shape index (κ1) is 98.9. The van der Waals surface area contributed by atoms with Crippen molar-refractivity contribution < 1.29 is 131 Å². The maximum atomic E-state index is 3.03. The second-order valence-corrected chi connectivity index (χ2v) is 6.18. The van der Waals surface area contributed by atoms with Crippen LogP contribution in [0.25, 0.3) is 0 Å². The van der Waals surface area contributed by atoms with Crippen LogP contribution in [-0.4, -0.2) is 0 Å². The molecule has 4 aromatic rings. The minimum absolute atomic E-state index is 0. The molecule has 0 spiro atoms. The first-order valence-corrected chi connectivity index (χ1v) is 17.3. The van der Waals surface area contributed by atoms with Crippen molar-refractivity contribution in [2.45, 2.75) is 146 Å². The molecule has 0 heterocycles. The van der Waals surface area contributed by atoms with E-state index in [1.165, 1.54) is 22.3 Å². The minimum Gasteiger partial charge on any atom is -0.358 e. The zero-order valence-electron chi connectivity index (χ0n) is 37.5. The van der Waals surface area contributed by atoms with Gasteiger partial charge in [-0.1, -0.05) is 146 Å². The summed E-state index contributed by atoms with van der Waals surface area (Å²) < 4.78 is 0. The molecule has 4 rings (SSSR count). The Bertz CT molecular complexity index is 690. The standard InChI is InChI=1S/4C7H7.8C2H6.CH4.2CH3.4Y/c4*1-7-5-3-2-4-6-7;8*1-2;;;;;;;/h4*2-5H,1H3;8*1-2H3;1H4;2*1H3;;;;/q4*-1;;;;;;;;;;2*-1;;;;. The Morgan fingerprint density at radius 3 is 0.431 bits per heavy atom. The third-order valence-corrected chi connectivity index (χ3v) is 3.46. The van der Waals surface area contributed by atoms with Crippen LogP contribution < -0.4 is 0 Å². The van der Waals surface area contributed by atoms with E-state index in [2.05, 4.69) is 24.3 Å². The topological polar surface area (TPSA) is 0 Å². The van der Waals surface area contributed by atoms with Crippen molar-refractivity contribution in [3.05, 3.63) is 158 Å². The molecule has 0 aromatic heterocycles. The van der Waals surface area contributed by atoms with Gasteiger partial charge in [-0.25, -0.2) is 0 Å². The van der Waals surface area contributed by atoms with E-state index >= 15 is 0 Å². The normalized spacial score (nSPS) is 5.73. The van der Waals surface area contributed by atoms with Gasteiger partial charge in [-0.05, 0) is 0 Å². The van der Waals surface area contributed by atoms with Gasteiger partial charge in [0.2, 0.25) is 0 Å². The van der Waals surface area contributed by atoms with Crippen molar-refractivity contribution in [2.24, 2.45) is 0 Å². The summed E-state index contributed by atoms with van der Waals surface area (Å²) in [6.07, 6.45) is 0. The molecule has 0 bridgehead atoms. The van der Waals surface area contributed by atoms with Gasteiger partial charge < -0.3 is 14.9 Å². The first-order chi connectivity index (χ1) is 21.6. The predicted octanol–water partition coefficient (Wildman–Crippen LogP) is 16.9. The quantitative estimate of drug-likeness (QED) is 0.154. The van der Waals surface area contributed by atoms with Crippen LogP contribution in [0.2, 0.25) is 0 Å². The average molecular weight is 1010 g/mol. The van der Waals surface area contributed by atoms with Crippen LogP contribution in [0, 0.1) is 66.8 Å². The average Bonchev–Trinajstić information content (AvgIpc) is 3.14. The van der Waals surface area contributed by atoms with E-state index in [1.807, 2.05) is 236 Å². The third kappa shape index (κ3) is 112.